The highest BCUT2D eigenvalue weighted by atomic mass is 79.9. The summed E-state index contributed by atoms with van der Waals surface area (Å²) in [6.45, 7) is 7.08. The van der Waals surface area contributed by atoms with E-state index in [1.54, 1.807) is 18.6 Å². The smallest absolute Gasteiger partial charge is 0.155 e. The Hall–Kier alpha value is -2.46. The predicted molar refractivity (Wildman–Crippen MR) is 123 cm³/mol. The largest absolute Gasteiger partial charge is 0.382 e. The van der Waals surface area contributed by atoms with Gasteiger partial charge in [-0.1, -0.05) is 0 Å². The van der Waals surface area contributed by atoms with Gasteiger partial charge in [-0.05, 0) is 71.7 Å². The molecule has 3 aromatic rings. The number of hydrogen-bond donors (Lipinski definition) is 1. The minimum absolute atomic E-state index is 0.0835. The molecule has 2 N–H and O–H groups in total. The van der Waals surface area contributed by atoms with E-state index in [-0.39, 0.29) is 11.6 Å². The molecule has 10 heteroatoms. The van der Waals surface area contributed by atoms with Crippen molar-refractivity contribution in [2.75, 3.05) is 5.73 Å². The van der Waals surface area contributed by atoms with Gasteiger partial charge in [0.1, 0.15) is 26.6 Å². The van der Waals surface area contributed by atoms with E-state index in [1.165, 1.54) is 31.4 Å². The van der Waals surface area contributed by atoms with Crippen LogP contribution < -0.4 is 5.73 Å². The lowest BCUT2D eigenvalue weighted by Gasteiger charge is -2.06. The number of carbonyl (C=O) groups is 2. The van der Waals surface area contributed by atoms with Crippen LogP contribution in [0.2, 0.25) is 0 Å². The van der Waals surface area contributed by atoms with Gasteiger partial charge in [-0.2, -0.15) is 0 Å². The molecule has 0 spiro atoms. The van der Waals surface area contributed by atoms with Crippen LogP contribution in [0, 0.1) is 13.8 Å². The number of rotatable bonds is 4. The molecule has 0 bridgehead atoms. The lowest BCUT2D eigenvalue weighted by Crippen LogP contribution is -2.01. The molecule has 0 unspecified atom stereocenters. The Morgan fingerprint density at radius 1 is 0.833 bits per heavy atom. The van der Waals surface area contributed by atoms with Gasteiger partial charge in [0.15, 0.2) is 5.82 Å². The number of carbonyl (C=O) groups excluding carboxylic acids is 2. The molecule has 8 nitrogen and oxygen atoms in total. The van der Waals surface area contributed by atoms with Gasteiger partial charge in [0.2, 0.25) is 0 Å². The summed E-state index contributed by atoms with van der Waals surface area (Å²) in [4.78, 5) is 36.4. The van der Waals surface area contributed by atoms with Crippen molar-refractivity contribution in [3.8, 4) is 5.82 Å². The first kappa shape index (κ1) is 25.6. The fraction of sp³-hybridized carbons (Fsp3) is 0.300. The molecule has 0 aliphatic rings. The number of nitrogens with zero attached hydrogens (tertiary/aromatic N) is 5. The molecule has 3 heterocycles. The van der Waals surface area contributed by atoms with Crippen molar-refractivity contribution in [3.05, 3.63) is 57.5 Å². The van der Waals surface area contributed by atoms with Gasteiger partial charge in [0.25, 0.3) is 0 Å². The molecule has 3 rings (SSSR count). The summed E-state index contributed by atoms with van der Waals surface area (Å²) >= 11 is 6.38. The lowest BCUT2D eigenvalue weighted by atomic mass is 10.2. The van der Waals surface area contributed by atoms with Crippen molar-refractivity contribution in [2.24, 2.45) is 0 Å². The minimum atomic E-state index is 0.0835. The highest BCUT2D eigenvalue weighted by Crippen LogP contribution is 2.14. The number of aryl methyl sites for hydroxylation is 2. The first-order valence-electron chi connectivity index (χ1n) is 8.95. The zero-order chi connectivity index (χ0) is 22.7. The van der Waals surface area contributed by atoms with Crippen LogP contribution in [-0.2, 0) is 9.59 Å². The van der Waals surface area contributed by atoms with Crippen LogP contribution in [0.1, 0.15) is 38.1 Å². The van der Waals surface area contributed by atoms with Crippen molar-refractivity contribution < 1.29 is 9.59 Å². The molecule has 0 saturated heterocycles. The molecular formula is C20H24Br2N6O2. The zero-order valence-electron chi connectivity index (χ0n) is 17.3. The Kier molecular flexibility index (Phi) is 11.1. The molecule has 0 radical (unpaired) electrons. The Labute approximate surface area is 192 Å². The standard InChI is InChI=1S/C10H10BrN3.C6H10O2.C4H4BrN3/c1-7-3-4-8(2)14(7)10-6-12-9(11)5-13-10;1-5(7)3-4-6(2)8;5-3-1-8-4(6)2-7-3/h3-6H,1-2H3;3-4H2,1-2H3;1-2H,(H2,6,8). The Morgan fingerprint density at radius 3 is 1.63 bits per heavy atom. The summed E-state index contributed by atoms with van der Waals surface area (Å²) in [7, 11) is 0. The number of ketones is 2. The number of Topliss-reactive ketones (excluding diaryl/α,β-unsaturated/α-hetero) is 2. The molecule has 30 heavy (non-hydrogen) atoms. The van der Waals surface area contributed by atoms with E-state index in [4.69, 9.17) is 5.73 Å². The van der Waals surface area contributed by atoms with Gasteiger partial charge in [-0.25, -0.2) is 19.9 Å². The third-order valence-electron chi connectivity index (χ3n) is 3.58. The summed E-state index contributed by atoms with van der Waals surface area (Å²) in [5.41, 5.74) is 7.56. The third kappa shape index (κ3) is 9.84. The topological polar surface area (TPSA) is 117 Å². The molecule has 0 aromatic carbocycles. The Morgan fingerprint density at radius 2 is 1.30 bits per heavy atom. The van der Waals surface area contributed by atoms with Crippen LogP contribution in [0.15, 0.2) is 46.1 Å². The normalized spacial score (nSPS) is 9.67. The molecule has 0 fully saturated rings. The van der Waals surface area contributed by atoms with E-state index in [9.17, 15) is 9.59 Å². The van der Waals surface area contributed by atoms with E-state index in [0.717, 1.165) is 10.4 Å². The van der Waals surface area contributed by atoms with E-state index in [2.05, 4.69) is 82.3 Å². The fourth-order valence-electron chi connectivity index (χ4n) is 2.13. The molecular weight excluding hydrogens is 516 g/mol. The number of halogens is 2. The van der Waals surface area contributed by atoms with Crippen LogP contribution in [-0.4, -0.2) is 36.1 Å². The van der Waals surface area contributed by atoms with Crippen LogP contribution in [0.5, 0.6) is 0 Å². The number of nitrogens with two attached hydrogens (primary N) is 1. The van der Waals surface area contributed by atoms with Gasteiger partial charge in [-0.3, -0.25) is 0 Å². The number of hydrogen-bond acceptors (Lipinski definition) is 7. The predicted octanol–water partition coefficient (Wildman–Crippen LogP) is 4.41. The Bertz CT molecular complexity index is 902. The summed E-state index contributed by atoms with van der Waals surface area (Å²) in [5, 5.41) is 0. The van der Waals surface area contributed by atoms with Crippen molar-refractivity contribution >= 4 is 49.2 Å². The molecule has 0 aliphatic heterocycles. The Balaban J connectivity index is 0.000000243. The van der Waals surface area contributed by atoms with E-state index >= 15 is 0 Å². The van der Waals surface area contributed by atoms with Crippen molar-refractivity contribution in [3.63, 3.8) is 0 Å². The molecule has 0 saturated carbocycles. The maximum absolute atomic E-state index is 10.2. The minimum Gasteiger partial charge on any atom is -0.382 e. The number of aromatic nitrogens is 5. The lowest BCUT2D eigenvalue weighted by molar-refractivity contribution is -0.122. The third-order valence-corrected chi connectivity index (χ3v) is 4.40. The van der Waals surface area contributed by atoms with Gasteiger partial charge in [0.05, 0.1) is 24.8 Å². The van der Waals surface area contributed by atoms with Crippen LogP contribution in [0.4, 0.5) is 5.82 Å². The molecule has 0 atom stereocenters. The molecule has 0 aliphatic carbocycles. The molecule has 0 amide bonds. The van der Waals surface area contributed by atoms with E-state index < -0.39 is 0 Å². The average Bonchev–Trinajstić information content (AvgIpc) is 3.03. The maximum atomic E-state index is 10.2. The number of anilines is 1. The molecule has 3 aromatic heterocycles. The summed E-state index contributed by atoms with van der Waals surface area (Å²) in [6, 6.07) is 4.14. The van der Waals surface area contributed by atoms with Crippen LogP contribution >= 0.6 is 31.9 Å². The first-order chi connectivity index (χ1) is 14.1. The molecule has 160 valence electrons. The van der Waals surface area contributed by atoms with Crippen LogP contribution in [0.25, 0.3) is 5.82 Å². The van der Waals surface area contributed by atoms with Gasteiger partial charge in [-0.15, -0.1) is 0 Å². The average molecular weight is 540 g/mol. The van der Waals surface area contributed by atoms with Gasteiger partial charge in [0, 0.05) is 24.2 Å². The van der Waals surface area contributed by atoms with Crippen molar-refractivity contribution in [2.45, 2.75) is 40.5 Å². The highest BCUT2D eigenvalue weighted by molar-refractivity contribution is 9.10. The summed E-state index contributed by atoms with van der Waals surface area (Å²) in [5.74, 6) is 1.46. The zero-order valence-corrected chi connectivity index (χ0v) is 20.4. The highest BCUT2D eigenvalue weighted by Gasteiger charge is 2.04. The quantitative estimate of drug-likeness (QED) is 0.521. The number of nitrogen functional groups attached to an aromatic ring is 1. The second-order valence-electron chi connectivity index (χ2n) is 6.32. The maximum Gasteiger partial charge on any atom is 0.155 e. The van der Waals surface area contributed by atoms with Crippen LogP contribution in [0.3, 0.4) is 0 Å². The van der Waals surface area contributed by atoms with E-state index in [0.29, 0.717) is 23.3 Å². The van der Waals surface area contributed by atoms with Crippen molar-refractivity contribution in [1.29, 1.82) is 0 Å². The van der Waals surface area contributed by atoms with E-state index in [1.807, 2.05) is 0 Å². The first-order valence-corrected chi connectivity index (χ1v) is 10.5. The van der Waals surface area contributed by atoms with Crippen molar-refractivity contribution in [1.82, 2.24) is 24.5 Å². The SMILES string of the molecule is CC(=O)CCC(C)=O.Cc1ccc(C)n1-c1cnc(Br)cn1.Nc1cnc(Br)cn1. The summed E-state index contributed by atoms with van der Waals surface area (Å²) < 4.78 is 3.52. The monoisotopic (exact) mass is 538 g/mol. The second kappa shape index (κ2) is 13.0. The summed E-state index contributed by atoms with van der Waals surface area (Å²) in [6.07, 6.45) is 7.29. The van der Waals surface area contributed by atoms with Gasteiger partial charge >= 0.3 is 0 Å². The van der Waals surface area contributed by atoms with Gasteiger partial charge < -0.3 is 19.9 Å². The fourth-order valence-corrected chi connectivity index (χ4v) is 2.53. The second-order valence-corrected chi connectivity index (χ2v) is 7.94.